The Bertz CT molecular complexity index is 315. The third-order valence-corrected chi connectivity index (χ3v) is 3.11. The molecule has 2 amide bonds. The fourth-order valence-corrected chi connectivity index (χ4v) is 2.30. The molecule has 0 aromatic heterocycles. The summed E-state index contributed by atoms with van der Waals surface area (Å²) in [5.41, 5.74) is -0.547. The maximum atomic E-state index is 11.9. The third-order valence-electron chi connectivity index (χ3n) is 2.69. The molecule has 0 bridgehead atoms. The van der Waals surface area contributed by atoms with Crippen molar-refractivity contribution in [1.29, 1.82) is 0 Å². The second kappa shape index (κ2) is 6.31. The van der Waals surface area contributed by atoms with Crippen molar-refractivity contribution in [2.75, 3.05) is 18.8 Å². The summed E-state index contributed by atoms with van der Waals surface area (Å²) < 4.78 is 5.07. The molecular weight excluding hydrogens is 252 g/mol. The van der Waals surface area contributed by atoms with Crippen LogP contribution in [-0.4, -0.2) is 47.4 Å². The number of amides is 2. The van der Waals surface area contributed by atoms with Gasteiger partial charge in [0.25, 0.3) is 0 Å². The van der Waals surface area contributed by atoms with Gasteiger partial charge in [0, 0.05) is 18.3 Å². The van der Waals surface area contributed by atoms with Crippen LogP contribution in [0.1, 0.15) is 33.6 Å². The highest BCUT2D eigenvalue weighted by molar-refractivity contribution is 7.80. The quantitative estimate of drug-likeness (QED) is 0.766. The summed E-state index contributed by atoms with van der Waals surface area (Å²) in [7, 11) is 0. The Labute approximate surface area is 114 Å². The predicted octanol–water partition coefficient (Wildman–Crippen LogP) is 1.43. The van der Waals surface area contributed by atoms with E-state index in [4.69, 9.17) is 4.74 Å². The monoisotopic (exact) mass is 274 g/mol. The first-order valence-electron chi connectivity index (χ1n) is 6.20. The summed E-state index contributed by atoms with van der Waals surface area (Å²) in [6.45, 7) is 6.09. The third kappa shape index (κ3) is 4.76. The summed E-state index contributed by atoms with van der Waals surface area (Å²) in [5.74, 6) is 0.593. The van der Waals surface area contributed by atoms with Gasteiger partial charge >= 0.3 is 6.09 Å². The zero-order chi connectivity index (χ0) is 13.8. The van der Waals surface area contributed by atoms with Crippen molar-refractivity contribution in [1.82, 2.24) is 10.2 Å². The van der Waals surface area contributed by atoms with Crippen molar-refractivity contribution in [2.45, 2.75) is 45.3 Å². The molecule has 104 valence electrons. The van der Waals surface area contributed by atoms with Gasteiger partial charge in [0.1, 0.15) is 12.1 Å². The number of likely N-dealkylation sites (tertiary alicyclic amines) is 1. The number of alkyl carbamates (subject to hydrolysis) is 1. The fourth-order valence-electron chi connectivity index (χ4n) is 1.92. The molecule has 6 heteroatoms. The Morgan fingerprint density at radius 2 is 2.11 bits per heavy atom. The number of thiol groups is 1. The Morgan fingerprint density at radius 3 is 2.67 bits per heavy atom. The lowest BCUT2D eigenvalue weighted by Gasteiger charge is -2.24. The highest BCUT2D eigenvalue weighted by atomic mass is 32.1. The fraction of sp³-hybridized carbons (Fsp3) is 0.833. The number of carbonyl (C=O) groups excluding carboxylic acids is 2. The average Bonchev–Trinajstić information content (AvgIpc) is 2.71. The van der Waals surface area contributed by atoms with Crippen LogP contribution in [0.5, 0.6) is 0 Å². The van der Waals surface area contributed by atoms with Gasteiger partial charge in [0.05, 0.1) is 0 Å². The minimum absolute atomic E-state index is 0.0147. The molecule has 0 spiro atoms. The van der Waals surface area contributed by atoms with Crippen LogP contribution in [-0.2, 0) is 9.53 Å². The maximum absolute atomic E-state index is 11.9. The second-order valence-corrected chi connectivity index (χ2v) is 5.79. The van der Waals surface area contributed by atoms with Crippen LogP contribution in [0.3, 0.4) is 0 Å². The molecule has 0 aromatic carbocycles. The summed E-state index contributed by atoms with van der Waals surface area (Å²) in [4.78, 5) is 25.1. The summed E-state index contributed by atoms with van der Waals surface area (Å²) >= 11 is 4.23. The molecule has 0 aromatic rings. The summed E-state index contributed by atoms with van der Waals surface area (Å²) in [6.07, 6.45) is 1.43. The molecule has 1 saturated heterocycles. The SMILES string of the molecule is CC(C)(C)OC(=O)NCC(=O)N1CCCC1CS. The predicted molar refractivity (Wildman–Crippen MR) is 72.8 cm³/mol. The van der Waals surface area contributed by atoms with Crippen molar-refractivity contribution in [3.63, 3.8) is 0 Å². The standard InChI is InChI=1S/C12H22N2O3S/c1-12(2,3)17-11(16)13-7-10(15)14-6-4-5-9(14)8-18/h9,18H,4-8H2,1-3H3,(H,13,16). The molecule has 1 rings (SSSR count). The Balaban J connectivity index is 2.35. The van der Waals surface area contributed by atoms with E-state index in [1.165, 1.54) is 0 Å². The summed E-state index contributed by atoms with van der Waals surface area (Å²) in [5, 5.41) is 2.48. The largest absolute Gasteiger partial charge is 0.444 e. The molecule has 0 aliphatic carbocycles. The number of nitrogens with zero attached hydrogens (tertiary/aromatic N) is 1. The molecule has 5 nitrogen and oxygen atoms in total. The van der Waals surface area contributed by atoms with E-state index in [-0.39, 0.29) is 18.5 Å². The van der Waals surface area contributed by atoms with Crippen LogP contribution in [0, 0.1) is 0 Å². The van der Waals surface area contributed by atoms with Crippen molar-refractivity contribution >= 4 is 24.6 Å². The number of hydrogen-bond acceptors (Lipinski definition) is 4. The van der Waals surface area contributed by atoms with Gasteiger partial charge in [0.2, 0.25) is 5.91 Å². The first-order chi connectivity index (χ1) is 8.33. The van der Waals surface area contributed by atoms with Crippen LogP contribution >= 0.6 is 12.6 Å². The van der Waals surface area contributed by atoms with Gasteiger partial charge in [-0.05, 0) is 33.6 Å². The van der Waals surface area contributed by atoms with Crippen LogP contribution < -0.4 is 5.32 Å². The van der Waals surface area contributed by atoms with Gasteiger partial charge in [-0.1, -0.05) is 0 Å². The zero-order valence-corrected chi connectivity index (χ0v) is 12.1. The van der Waals surface area contributed by atoms with E-state index in [0.717, 1.165) is 19.4 Å². The Kier molecular flexibility index (Phi) is 5.31. The first-order valence-corrected chi connectivity index (χ1v) is 6.84. The topological polar surface area (TPSA) is 58.6 Å². The Morgan fingerprint density at radius 1 is 1.44 bits per heavy atom. The van der Waals surface area contributed by atoms with E-state index < -0.39 is 11.7 Å². The number of nitrogens with one attached hydrogen (secondary N) is 1. The van der Waals surface area contributed by atoms with Crippen molar-refractivity contribution in [3.8, 4) is 0 Å². The van der Waals surface area contributed by atoms with Crippen LogP contribution in [0.4, 0.5) is 4.79 Å². The maximum Gasteiger partial charge on any atom is 0.408 e. The second-order valence-electron chi connectivity index (χ2n) is 5.42. The Hall–Kier alpha value is -0.910. The number of rotatable bonds is 3. The van der Waals surface area contributed by atoms with Gasteiger partial charge in [-0.2, -0.15) is 12.6 Å². The molecule has 1 aliphatic rings. The van der Waals surface area contributed by atoms with Crippen molar-refractivity contribution in [2.24, 2.45) is 0 Å². The molecule has 18 heavy (non-hydrogen) atoms. The van der Waals surface area contributed by atoms with E-state index in [1.54, 1.807) is 25.7 Å². The lowest BCUT2D eigenvalue weighted by molar-refractivity contribution is -0.130. The van der Waals surface area contributed by atoms with Gasteiger partial charge in [0.15, 0.2) is 0 Å². The van der Waals surface area contributed by atoms with E-state index in [0.29, 0.717) is 5.75 Å². The number of ether oxygens (including phenoxy) is 1. The van der Waals surface area contributed by atoms with E-state index >= 15 is 0 Å². The molecule has 1 heterocycles. The lowest BCUT2D eigenvalue weighted by atomic mass is 10.2. The molecule has 1 atom stereocenters. The molecule has 1 unspecified atom stereocenters. The molecule has 0 radical (unpaired) electrons. The number of carbonyl (C=O) groups is 2. The average molecular weight is 274 g/mol. The molecule has 1 fully saturated rings. The molecular formula is C12H22N2O3S. The van der Waals surface area contributed by atoms with E-state index in [2.05, 4.69) is 17.9 Å². The molecule has 1 N–H and O–H groups in total. The number of hydrogen-bond donors (Lipinski definition) is 2. The van der Waals surface area contributed by atoms with Crippen molar-refractivity contribution < 1.29 is 14.3 Å². The molecule has 0 saturated carbocycles. The highest BCUT2D eigenvalue weighted by Gasteiger charge is 2.27. The first kappa shape index (κ1) is 15.1. The normalized spacial score (nSPS) is 19.8. The van der Waals surface area contributed by atoms with E-state index in [9.17, 15) is 9.59 Å². The minimum Gasteiger partial charge on any atom is -0.444 e. The van der Waals surface area contributed by atoms with Gasteiger partial charge in [-0.3, -0.25) is 4.79 Å². The highest BCUT2D eigenvalue weighted by Crippen LogP contribution is 2.17. The van der Waals surface area contributed by atoms with Crippen LogP contribution in [0.25, 0.3) is 0 Å². The van der Waals surface area contributed by atoms with Crippen LogP contribution in [0.15, 0.2) is 0 Å². The van der Waals surface area contributed by atoms with E-state index in [1.807, 2.05) is 0 Å². The van der Waals surface area contributed by atoms with Gasteiger partial charge < -0.3 is 15.0 Å². The summed E-state index contributed by atoms with van der Waals surface area (Å²) in [6, 6.07) is 0.196. The smallest absolute Gasteiger partial charge is 0.408 e. The van der Waals surface area contributed by atoms with Crippen molar-refractivity contribution in [3.05, 3.63) is 0 Å². The minimum atomic E-state index is -0.558. The van der Waals surface area contributed by atoms with Gasteiger partial charge in [-0.25, -0.2) is 4.79 Å². The van der Waals surface area contributed by atoms with Gasteiger partial charge in [-0.15, -0.1) is 0 Å². The lowest BCUT2D eigenvalue weighted by Crippen LogP contribution is -2.44. The van der Waals surface area contributed by atoms with Crippen LogP contribution in [0.2, 0.25) is 0 Å². The zero-order valence-electron chi connectivity index (χ0n) is 11.2. The molecule has 1 aliphatic heterocycles.